The van der Waals surface area contributed by atoms with E-state index in [4.69, 9.17) is 11.6 Å². The summed E-state index contributed by atoms with van der Waals surface area (Å²) >= 11 is 7.79. The molecule has 0 saturated heterocycles. The lowest BCUT2D eigenvalue weighted by Gasteiger charge is -2.31. The van der Waals surface area contributed by atoms with E-state index in [-0.39, 0.29) is 17.9 Å². The third-order valence-electron chi connectivity index (χ3n) is 4.62. The van der Waals surface area contributed by atoms with E-state index < -0.39 is 0 Å². The summed E-state index contributed by atoms with van der Waals surface area (Å²) in [5.41, 5.74) is 1.02. The Morgan fingerprint density at radius 1 is 1.11 bits per heavy atom. The number of nitrogens with one attached hydrogen (secondary N) is 2. The molecule has 1 heterocycles. The molecular weight excluding hydrogens is 394 g/mol. The third-order valence-corrected chi connectivity index (χ3v) is 5.83. The second-order valence-electron chi connectivity index (χ2n) is 6.40. The number of amides is 2. The molecule has 1 aromatic heterocycles. The number of hydrogen-bond acceptors (Lipinski definition) is 4. The first-order valence-corrected chi connectivity index (χ1v) is 10.9. The molecule has 0 aliphatic rings. The van der Waals surface area contributed by atoms with Gasteiger partial charge in [0.2, 0.25) is 5.91 Å². The maximum absolute atomic E-state index is 12.3. The smallest absolute Gasteiger partial charge is 0.261 e. The Balaban J connectivity index is 1.81. The fourth-order valence-corrected chi connectivity index (χ4v) is 3.99. The van der Waals surface area contributed by atoms with E-state index in [1.54, 1.807) is 6.07 Å². The van der Waals surface area contributed by atoms with E-state index in [1.165, 1.54) is 11.3 Å². The van der Waals surface area contributed by atoms with E-state index in [9.17, 15) is 9.59 Å². The number of benzene rings is 1. The van der Waals surface area contributed by atoms with Crippen LogP contribution in [0.2, 0.25) is 5.02 Å². The fraction of sp³-hybridized carbons (Fsp3) is 0.429. The largest absolute Gasteiger partial charge is 0.354 e. The molecule has 28 heavy (non-hydrogen) atoms. The summed E-state index contributed by atoms with van der Waals surface area (Å²) in [6.45, 7) is 6.94. The minimum Gasteiger partial charge on any atom is -0.354 e. The van der Waals surface area contributed by atoms with Crippen LogP contribution in [0.1, 0.15) is 48.0 Å². The van der Waals surface area contributed by atoms with Gasteiger partial charge in [0, 0.05) is 24.5 Å². The maximum atomic E-state index is 12.3. The van der Waals surface area contributed by atoms with Crippen molar-refractivity contribution in [3.8, 4) is 0 Å². The highest BCUT2D eigenvalue weighted by atomic mass is 35.5. The van der Waals surface area contributed by atoms with Crippen molar-refractivity contribution in [2.24, 2.45) is 0 Å². The first-order chi connectivity index (χ1) is 13.6. The number of nitrogens with zero attached hydrogens (tertiary/aromatic N) is 1. The molecule has 152 valence electrons. The Kier molecular flexibility index (Phi) is 9.47. The van der Waals surface area contributed by atoms with Gasteiger partial charge in [0.25, 0.3) is 5.91 Å². The van der Waals surface area contributed by atoms with Crippen LogP contribution in [0.25, 0.3) is 0 Å². The summed E-state index contributed by atoms with van der Waals surface area (Å²) in [5.74, 6) is -0.106. The predicted octanol–water partition coefficient (Wildman–Crippen LogP) is 4.11. The lowest BCUT2D eigenvalue weighted by atomic mass is 10.0. The SMILES string of the molecule is CCN(CC)[C@H](CNC(=O)CCCNC(=O)c1cccs1)c1ccccc1Cl. The van der Waals surface area contributed by atoms with Crippen LogP contribution >= 0.6 is 22.9 Å². The number of carbonyl (C=O) groups excluding carboxylic acids is 2. The summed E-state index contributed by atoms with van der Waals surface area (Å²) in [6.07, 6.45) is 0.975. The van der Waals surface area contributed by atoms with Crippen LogP contribution in [-0.2, 0) is 4.79 Å². The second-order valence-corrected chi connectivity index (χ2v) is 7.75. The normalized spacial score (nSPS) is 12.0. The molecule has 0 fully saturated rings. The number of likely N-dealkylation sites (N-methyl/N-ethyl adjacent to an activating group) is 1. The van der Waals surface area contributed by atoms with E-state index >= 15 is 0 Å². The van der Waals surface area contributed by atoms with Crippen LogP contribution in [0.3, 0.4) is 0 Å². The monoisotopic (exact) mass is 421 g/mol. The molecule has 2 amide bonds. The van der Waals surface area contributed by atoms with Gasteiger partial charge in [-0.15, -0.1) is 11.3 Å². The zero-order chi connectivity index (χ0) is 20.4. The van der Waals surface area contributed by atoms with Gasteiger partial charge in [-0.05, 0) is 42.6 Å². The second kappa shape index (κ2) is 11.8. The molecule has 2 N–H and O–H groups in total. The highest BCUT2D eigenvalue weighted by molar-refractivity contribution is 7.12. The van der Waals surface area contributed by atoms with Crippen molar-refractivity contribution in [1.82, 2.24) is 15.5 Å². The summed E-state index contributed by atoms with van der Waals surface area (Å²) in [7, 11) is 0. The molecule has 2 rings (SSSR count). The average Bonchev–Trinajstić information content (AvgIpc) is 3.24. The zero-order valence-corrected chi connectivity index (χ0v) is 18.0. The fourth-order valence-electron chi connectivity index (χ4n) is 3.09. The summed E-state index contributed by atoms with van der Waals surface area (Å²) in [4.78, 5) is 27.1. The van der Waals surface area contributed by atoms with Crippen molar-refractivity contribution in [3.63, 3.8) is 0 Å². The minimum atomic E-state index is -0.0873. The average molecular weight is 422 g/mol. The Bertz CT molecular complexity index is 748. The van der Waals surface area contributed by atoms with Gasteiger partial charge in [0.05, 0.1) is 10.9 Å². The minimum absolute atomic E-state index is 0.0189. The molecule has 0 unspecified atom stereocenters. The zero-order valence-electron chi connectivity index (χ0n) is 16.4. The summed E-state index contributed by atoms with van der Waals surface area (Å²) < 4.78 is 0. The van der Waals surface area contributed by atoms with E-state index in [0.29, 0.717) is 35.8 Å². The lowest BCUT2D eigenvalue weighted by molar-refractivity contribution is -0.121. The number of rotatable bonds is 11. The van der Waals surface area contributed by atoms with Crippen LogP contribution in [0.5, 0.6) is 0 Å². The maximum Gasteiger partial charge on any atom is 0.261 e. The van der Waals surface area contributed by atoms with Gasteiger partial charge in [-0.2, -0.15) is 0 Å². The van der Waals surface area contributed by atoms with Gasteiger partial charge < -0.3 is 10.6 Å². The number of hydrogen-bond donors (Lipinski definition) is 2. The Morgan fingerprint density at radius 3 is 2.50 bits per heavy atom. The Morgan fingerprint density at radius 2 is 1.86 bits per heavy atom. The van der Waals surface area contributed by atoms with Crippen LogP contribution in [0.4, 0.5) is 0 Å². The highest BCUT2D eigenvalue weighted by Crippen LogP contribution is 2.26. The lowest BCUT2D eigenvalue weighted by Crippen LogP contribution is -2.38. The van der Waals surface area contributed by atoms with Crippen molar-refractivity contribution in [1.29, 1.82) is 0 Å². The van der Waals surface area contributed by atoms with Crippen molar-refractivity contribution >= 4 is 34.8 Å². The van der Waals surface area contributed by atoms with Gasteiger partial charge in [0.15, 0.2) is 0 Å². The molecule has 2 aromatic rings. The third kappa shape index (κ3) is 6.62. The molecule has 7 heteroatoms. The van der Waals surface area contributed by atoms with Crippen LogP contribution < -0.4 is 10.6 Å². The van der Waals surface area contributed by atoms with Gasteiger partial charge >= 0.3 is 0 Å². The van der Waals surface area contributed by atoms with Crippen molar-refractivity contribution < 1.29 is 9.59 Å². The number of halogens is 1. The Hall–Kier alpha value is -1.89. The van der Waals surface area contributed by atoms with E-state index in [1.807, 2.05) is 35.7 Å². The summed E-state index contributed by atoms with van der Waals surface area (Å²) in [5, 5.41) is 8.45. The topological polar surface area (TPSA) is 61.4 Å². The molecule has 0 radical (unpaired) electrons. The quantitative estimate of drug-likeness (QED) is 0.536. The molecule has 0 bridgehead atoms. The first-order valence-electron chi connectivity index (χ1n) is 9.63. The van der Waals surface area contributed by atoms with Crippen molar-refractivity contribution in [2.45, 2.75) is 32.7 Å². The molecular formula is C21H28ClN3O2S. The van der Waals surface area contributed by atoms with E-state index in [0.717, 1.165) is 18.7 Å². The standard InChI is InChI=1S/C21H28ClN3O2S/c1-3-25(4-2)18(16-9-5-6-10-17(16)22)15-24-20(26)12-7-13-23-21(27)19-11-8-14-28-19/h5-6,8-11,14,18H,3-4,7,12-13,15H2,1-2H3,(H,23,27)(H,24,26)/t18-/m1/s1. The van der Waals surface area contributed by atoms with Crippen LogP contribution in [-0.4, -0.2) is 42.9 Å². The predicted molar refractivity (Wildman–Crippen MR) is 116 cm³/mol. The van der Waals surface area contributed by atoms with Gasteiger partial charge in [-0.25, -0.2) is 0 Å². The molecule has 0 aliphatic heterocycles. The van der Waals surface area contributed by atoms with Crippen molar-refractivity contribution in [3.05, 3.63) is 57.2 Å². The highest BCUT2D eigenvalue weighted by Gasteiger charge is 2.20. The molecule has 1 aromatic carbocycles. The van der Waals surface area contributed by atoms with Crippen LogP contribution in [0.15, 0.2) is 41.8 Å². The molecule has 1 atom stereocenters. The molecule has 0 spiro atoms. The summed E-state index contributed by atoms with van der Waals surface area (Å²) in [6, 6.07) is 11.4. The van der Waals surface area contributed by atoms with Gasteiger partial charge in [-0.3, -0.25) is 14.5 Å². The van der Waals surface area contributed by atoms with Gasteiger partial charge in [0.1, 0.15) is 0 Å². The molecule has 0 saturated carbocycles. The van der Waals surface area contributed by atoms with E-state index in [2.05, 4.69) is 29.4 Å². The van der Waals surface area contributed by atoms with Gasteiger partial charge in [-0.1, -0.05) is 49.7 Å². The van der Waals surface area contributed by atoms with Crippen LogP contribution in [0, 0.1) is 0 Å². The Labute approximate surface area is 176 Å². The number of carbonyl (C=O) groups is 2. The first kappa shape index (κ1) is 22.4. The molecule has 5 nitrogen and oxygen atoms in total. The number of thiophene rings is 1. The molecule has 0 aliphatic carbocycles. The van der Waals surface area contributed by atoms with Crippen molar-refractivity contribution in [2.75, 3.05) is 26.2 Å².